The first-order valence-corrected chi connectivity index (χ1v) is 13.3. The highest BCUT2D eigenvalue weighted by Gasteiger charge is 2.26. The topological polar surface area (TPSA) is 27.7 Å². The maximum Gasteiger partial charge on any atom is 0.312 e. The molecule has 1 unspecified atom stereocenters. The van der Waals surface area contributed by atoms with Gasteiger partial charge in [-0.05, 0) is 19.6 Å². The minimum absolute atomic E-state index is 0. The quantitative estimate of drug-likeness (QED) is 0.697. The molecule has 0 aliphatic heterocycles. The molecule has 0 heterocycles. The molecule has 7 heteroatoms. The third-order valence-electron chi connectivity index (χ3n) is 1.34. The minimum atomic E-state index is -1.78. The van der Waals surface area contributed by atoms with E-state index < -0.39 is 17.8 Å². The van der Waals surface area contributed by atoms with E-state index in [1.54, 1.807) is 0 Å². The Morgan fingerprint density at radius 3 is 1.80 bits per heavy atom. The van der Waals surface area contributed by atoms with Crippen LogP contribution in [0.4, 0.5) is 0 Å². The van der Waals surface area contributed by atoms with Gasteiger partial charge in [0.05, 0.1) is 0 Å². The van der Waals surface area contributed by atoms with Crippen LogP contribution in [-0.4, -0.2) is 37.4 Å². The van der Waals surface area contributed by atoms with Crippen LogP contribution in [0.5, 0.6) is 0 Å². The van der Waals surface area contributed by atoms with E-state index in [2.05, 4.69) is 32.7 Å². The third-order valence-corrected chi connectivity index (χ3v) is 12.1. The first kappa shape index (κ1) is 24.8. The van der Waals surface area contributed by atoms with E-state index in [1.165, 1.54) is 0 Å². The summed E-state index contributed by atoms with van der Waals surface area (Å²) in [5.74, 6) is 0. The Morgan fingerprint density at radius 1 is 1.00 bits per heavy atom. The van der Waals surface area contributed by atoms with E-state index in [1.807, 2.05) is 0 Å². The van der Waals surface area contributed by atoms with Gasteiger partial charge in [-0.15, -0.1) is 0 Å². The van der Waals surface area contributed by atoms with Gasteiger partial charge in [-0.2, -0.15) is 0 Å². The monoisotopic (exact) mass is 288 g/mol. The molecule has 3 nitrogen and oxygen atoms in total. The lowest BCUT2D eigenvalue weighted by atomic mass is 11.9. The van der Waals surface area contributed by atoms with Crippen molar-refractivity contribution in [3.8, 4) is 0 Å². The summed E-state index contributed by atoms with van der Waals surface area (Å²) < 4.78 is 17.0. The first-order valence-electron chi connectivity index (χ1n) is 4.45. The van der Waals surface area contributed by atoms with Crippen molar-refractivity contribution in [2.24, 2.45) is 0 Å². The second kappa shape index (κ2) is 12.8. The average Bonchev–Trinajstić information content (AvgIpc) is 1.85. The molecular weight excluding hydrogens is 256 g/mol. The largest absolute Gasteiger partial charge is 0.444 e. The van der Waals surface area contributed by atoms with Gasteiger partial charge in [0.25, 0.3) is 9.28 Å². The molecule has 0 bridgehead atoms. The van der Waals surface area contributed by atoms with Crippen LogP contribution in [0.1, 0.15) is 22.3 Å². The summed E-state index contributed by atoms with van der Waals surface area (Å²) in [6, 6.07) is 0. The van der Waals surface area contributed by atoms with Gasteiger partial charge in [-0.1, -0.05) is 35.4 Å². The fourth-order valence-electron chi connectivity index (χ4n) is 1.05. The van der Waals surface area contributed by atoms with Gasteiger partial charge in [-0.3, -0.25) is 0 Å². The Kier molecular flexibility index (Phi) is 21.2. The highest BCUT2D eigenvalue weighted by molar-refractivity contribution is 6.75. The Labute approximate surface area is 105 Å². The van der Waals surface area contributed by atoms with Crippen molar-refractivity contribution in [3.63, 3.8) is 0 Å². The van der Waals surface area contributed by atoms with Crippen LogP contribution >= 0.6 is 0 Å². The smallest absolute Gasteiger partial charge is 0.312 e. The second-order valence-electron chi connectivity index (χ2n) is 2.97. The van der Waals surface area contributed by atoms with Crippen LogP contribution in [0.15, 0.2) is 0 Å². The summed E-state index contributed by atoms with van der Waals surface area (Å²) in [6.45, 7) is 10.6. The molecule has 0 fully saturated rings. The average molecular weight is 289 g/mol. The van der Waals surface area contributed by atoms with E-state index in [-0.39, 0.29) is 41.8 Å². The SMILES string of the molecule is C.C.C.C[SiH2]O[SiH](C)O[Si](C)(C)O[SiH2]C. The molecule has 0 saturated heterocycles. The summed E-state index contributed by atoms with van der Waals surface area (Å²) >= 11 is 0. The molecule has 0 radical (unpaired) electrons. The third kappa shape index (κ3) is 14.7. The summed E-state index contributed by atoms with van der Waals surface area (Å²) in [5, 5.41) is 0. The maximum absolute atomic E-state index is 5.82. The molecule has 98 valence electrons. The lowest BCUT2D eigenvalue weighted by molar-refractivity contribution is 0.369. The van der Waals surface area contributed by atoms with Crippen LogP contribution < -0.4 is 0 Å². The van der Waals surface area contributed by atoms with Gasteiger partial charge in [-0.25, -0.2) is 0 Å². The van der Waals surface area contributed by atoms with E-state index in [4.69, 9.17) is 12.3 Å². The van der Waals surface area contributed by atoms with Crippen molar-refractivity contribution >= 4 is 37.4 Å². The Bertz CT molecular complexity index is 124. The maximum atomic E-state index is 5.82. The van der Waals surface area contributed by atoms with Crippen molar-refractivity contribution in [3.05, 3.63) is 0 Å². The molecule has 0 amide bonds. The van der Waals surface area contributed by atoms with Crippen molar-refractivity contribution in [1.29, 1.82) is 0 Å². The number of hydrogen-bond acceptors (Lipinski definition) is 3. The van der Waals surface area contributed by atoms with Crippen LogP contribution in [0, 0.1) is 0 Å². The zero-order valence-electron chi connectivity index (χ0n) is 8.72. The van der Waals surface area contributed by atoms with E-state index >= 15 is 0 Å². The minimum Gasteiger partial charge on any atom is -0.444 e. The van der Waals surface area contributed by atoms with Gasteiger partial charge in [0.1, 0.15) is 19.5 Å². The zero-order valence-corrected chi connectivity index (χ0v) is 13.7. The van der Waals surface area contributed by atoms with Crippen LogP contribution in [0.3, 0.4) is 0 Å². The van der Waals surface area contributed by atoms with Crippen molar-refractivity contribution < 1.29 is 12.3 Å². The molecule has 0 aromatic rings. The summed E-state index contributed by atoms with van der Waals surface area (Å²) in [7, 11) is -3.76. The highest BCUT2D eigenvalue weighted by Crippen LogP contribution is 2.07. The first-order chi connectivity index (χ1) is 5.52. The van der Waals surface area contributed by atoms with E-state index in [0.717, 1.165) is 0 Å². The molecule has 0 aromatic carbocycles. The normalized spacial score (nSPS) is 13.4. The van der Waals surface area contributed by atoms with Crippen LogP contribution in [-0.2, 0) is 12.3 Å². The highest BCUT2D eigenvalue weighted by atomic mass is 28.5. The molecular formula is C8H32O3Si4. The number of rotatable bonds is 6. The summed E-state index contributed by atoms with van der Waals surface area (Å²) in [4.78, 5) is 0. The Balaban J connectivity index is -0.000000202. The van der Waals surface area contributed by atoms with Crippen molar-refractivity contribution in [1.82, 2.24) is 0 Å². The molecule has 0 rings (SSSR count). The Morgan fingerprint density at radius 2 is 1.47 bits per heavy atom. The predicted molar refractivity (Wildman–Crippen MR) is 82.8 cm³/mol. The molecule has 0 N–H and O–H groups in total. The molecule has 0 aromatic heterocycles. The fourth-order valence-corrected chi connectivity index (χ4v) is 10.7. The fraction of sp³-hybridized carbons (Fsp3) is 1.00. The lowest BCUT2D eigenvalue weighted by Gasteiger charge is -2.26. The molecule has 15 heavy (non-hydrogen) atoms. The summed E-state index contributed by atoms with van der Waals surface area (Å²) in [6.07, 6.45) is 0. The molecule has 0 aliphatic rings. The van der Waals surface area contributed by atoms with Gasteiger partial charge in [0.15, 0.2) is 0 Å². The number of hydrogen-bond donors (Lipinski definition) is 0. The van der Waals surface area contributed by atoms with Crippen molar-refractivity contribution in [2.75, 3.05) is 0 Å². The van der Waals surface area contributed by atoms with Crippen LogP contribution in [0.25, 0.3) is 0 Å². The van der Waals surface area contributed by atoms with Gasteiger partial charge >= 0.3 is 8.56 Å². The summed E-state index contributed by atoms with van der Waals surface area (Å²) in [5.41, 5.74) is 0. The van der Waals surface area contributed by atoms with E-state index in [0.29, 0.717) is 0 Å². The zero-order chi connectivity index (χ0) is 9.61. The molecule has 1 atom stereocenters. The van der Waals surface area contributed by atoms with E-state index in [9.17, 15) is 0 Å². The molecule has 0 spiro atoms. The molecule has 0 aliphatic carbocycles. The van der Waals surface area contributed by atoms with Gasteiger partial charge in [0.2, 0.25) is 0 Å². The predicted octanol–water partition coefficient (Wildman–Crippen LogP) is 1.76. The van der Waals surface area contributed by atoms with Crippen molar-refractivity contribution in [2.45, 2.75) is 55.0 Å². The molecule has 0 saturated carbocycles. The lowest BCUT2D eigenvalue weighted by Crippen LogP contribution is -2.42. The second-order valence-corrected chi connectivity index (χ2v) is 11.5. The van der Waals surface area contributed by atoms with Gasteiger partial charge in [0, 0.05) is 0 Å². The van der Waals surface area contributed by atoms with Gasteiger partial charge < -0.3 is 12.3 Å². The standard InChI is InChI=1S/C5H20O3Si4.3CH4/c1-9-6-11(3)8-12(4,5)7-10-2;;;/h11H,9-10H2,1-5H3;3*1H4. The van der Waals surface area contributed by atoms with Crippen LogP contribution in [0.2, 0.25) is 32.7 Å². The Hall–Kier alpha value is 0.748.